The van der Waals surface area contributed by atoms with Crippen LogP contribution in [0.25, 0.3) is 22.3 Å². The third-order valence-corrected chi connectivity index (χ3v) is 5.72. The van der Waals surface area contributed by atoms with Gasteiger partial charge in [0.1, 0.15) is 5.52 Å². The molecule has 0 fully saturated rings. The van der Waals surface area contributed by atoms with Gasteiger partial charge in [0.2, 0.25) is 5.95 Å². The van der Waals surface area contributed by atoms with Crippen LogP contribution in [0.15, 0.2) is 71.8 Å². The Morgan fingerprint density at radius 2 is 1.67 bits per heavy atom. The summed E-state index contributed by atoms with van der Waals surface area (Å²) in [7, 11) is -1.99. The number of benzene rings is 2. The number of fused-ring (bicyclic) bond motifs is 1. The Labute approximate surface area is 157 Å². The Balaban J connectivity index is 1.72. The van der Waals surface area contributed by atoms with Crippen molar-refractivity contribution in [1.29, 1.82) is 0 Å². The van der Waals surface area contributed by atoms with Crippen LogP contribution < -0.4 is 4.72 Å². The Kier molecular flexibility index (Phi) is 4.16. The molecule has 0 aliphatic carbocycles. The molecule has 4 aromatic rings. The standard InChI is InChI=1S/C20H18N4O2S/c1-14-8-10-17(11-9-14)27(25,26)23-20-22-18-12-16(13-21-19(18)24(20)2)15-6-4-3-5-7-15/h3-13H,1-2H3,(H,22,23). The van der Waals surface area contributed by atoms with Gasteiger partial charge < -0.3 is 0 Å². The number of hydrogen-bond acceptors (Lipinski definition) is 4. The average molecular weight is 378 g/mol. The molecule has 7 heteroatoms. The maximum absolute atomic E-state index is 12.6. The maximum atomic E-state index is 12.6. The SMILES string of the molecule is Cc1ccc(S(=O)(=O)Nc2nc3cc(-c4ccccc4)cnc3n2C)cc1. The Morgan fingerprint density at radius 1 is 0.963 bits per heavy atom. The highest BCUT2D eigenvalue weighted by Crippen LogP contribution is 2.25. The molecule has 6 nitrogen and oxygen atoms in total. The minimum atomic E-state index is -3.72. The van der Waals surface area contributed by atoms with Crippen LogP contribution >= 0.6 is 0 Å². The number of nitrogens with one attached hydrogen (secondary N) is 1. The molecular weight excluding hydrogens is 360 g/mol. The Bertz CT molecular complexity index is 1210. The van der Waals surface area contributed by atoms with Gasteiger partial charge in [-0.15, -0.1) is 0 Å². The van der Waals surface area contributed by atoms with Crippen molar-refractivity contribution >= 4 is 27.1 Å². The molecule has 0 radical (unpaired) electrons. The van der Waals surface area contributed by atoms with Crippen molar-refractivity contribution in [2.24, 2.45) is 7.05 Å². The highest BCUT2D eigenvalue weighted by molar-refractivity contribution is 7.92. The quantitative estimate of drug-likeness (QED) is 0.587. The first-order valence-electron chi connectivity index (χ1n) is 8.41. The van der Waals surface area contributed by atoms with E-state index in [4.69, 9.17) is 0 Å². The second kappa shape index (κ2) is 6.51. The number of anilines is 1. The van der Waals surface area contributed by atoms with Crippen LogP contribution in [-0.2, 0) is 17.1 Å². The van der Waals surface area contributed by atoms with Gasteiger partial charge in [-0.3, -0.25) is 4.57 Å². The molecular formula is C20H18N4O2S. The number of aryl methyl sites for hydroxylation is 2. The summed E-state index contributed by atoms with van der Waals surface area (Å²) in [4.78, 5) is 9.09. The first-order valence-corrected chi connectivity index (χ1v) is 9.90. The van der Waals surface area contributed by atoms with Crippen molar-refractivity contribution in [3.8, 4) is 11.1 Å². The van der Waals surface area contributed by atoms with Gasteiger partial charge in [-0.2, -0.15) is 0 Å². The van der Waals surface area contributed by atoms with E-state index in [1.807, 2.05) is 43.3 Å². The van der Waals surface area contributed by atoms with E-state index in [9.17, 15) is 8.42 Å². The number of hydrogen-bond donors (Lipinski definition) is 1. The minimum Gasteiger partial charge on any atom is -0.297 e. The van der Waals surface area contributed by atoms with E-state index >= 15 is 0 Å². The van der Waals surface area contributed by atoms with E-state index in [-0.39, 0.29) is 10.8 Å². The van der Waals surface area contributed by atoms with E-state index in [0.717, 1.165) is 16.7 Å². The summed E-state index contributed by atoms with van der Waals surface area (Å²) in [6.45, 7) is 1.91. The molecule has 2 aromatic carbocycles. The number of nitrogens with zero attached hydrogens (tertiary/aromatic N) is 3. The van der Waals surface area contributed by atoms with Crippen molar-refractivity contribution in [3.63, 3.8) is 0 Å². The van der Waals surface area contributed by atoms with Gasteiger partial charge in [0, 0.05) is 18.8 Å². The molecule has 136 valence electrons. The summed E-state index contributed by atoms with van der Waals surface area (Å²) >= 11 is 0. The van der Waals surface area contributed by atoms with E-state index in [2.05, 4.69) is 14.7 Å². The normalized spacial score (nSPS) is 11.6. The number of imidazole rings is 1. The highest BCUT2D eigenvalue weighted by Gasteiger charge is 2.18. The van der Waals surface area contributed by atoms with Gasteiger partial charge in [0.15, 0.2) is 5.65 Å². The molecule has 0 spiro atoms. The summed E-state index contributed by atoms with van der Waals surface area (Å²) < 4.78 is 29.5. The monoisotopic (exact) mass is 378 g/mol. The van der Waals surface area contributed by atoms with Gasteiger partial charge >= 0.3 is 0 Å². The topological polar surface area (TPSA) is 76.9 Å². The zero-order valence-electron chi connectivity index (χ0n) is 14.9. The van der Waals surface area contributed by atoms with E-state index < -0.39 is 10.0 Å². The minimum absolute atomic E-state index is 0.193. The summed E-state index contributed by atoms with van der Waals surface area (Å²) in [5.74, 6) is 0.225. The lowest BCUT2D eigenvalue weighted by atomic mass is 10.1. The van der Waals surface area contributed by atoms with Crippen molar-refractivity contribution in [1.82, 2.24) is 14.5 Å². The molecule has 4 rings (SSSR count). The lowest BCUT2D eigenvalue weighted by Gasteiger charge is -2.07. The molecule has 0 saturated carbocycles. The average Bonchev–Trinajstić information content (AvgIpc) is 2.97. The largest absolute Gasteiger partial charge is 0.297 e. The number of sulfonamides is 1. The summed E-state index contributed by atoms with van der Waals surface area (Å²) in [5.41, 5.74) is 4.18. The van der Waals surface area contributed by atoms with Crippen LogP contribution in [0.1, 0.15) is 5.56 Å². The van der Waals surface area contributed by atoms with Gasteiger partial charge in [0.25, 0.3) is 10.0 Å². The fourth-order valence-electron chi connectivity index (χ4n) is 2.85. The fourth-order valence-corrected chi connectivity index (χ4v) is 3.89. The van der Waals surface area contributed by atoms with Crippen LogP contribution in [0, 0.1) is 6.92 Å². The first kappa shape index (κ1) is 17.2. The second-order valence-electron chi connectivity index (χ2n) is 6.35. The third kappa shape index (κ3) is 3.29. The van der Waals surface area contributed by atoms with E-state index in [0.29, 0.717) is 11.2 Å². The number of pyridine rings is 1. The summed E-state index contributed by atoms with van der Waals surface area (Å²) in [5, 5.41) is 0. The van der Waals surface area contributed by atoms with E-state index in [1.54, 1.807) is 42.1 Å². The summed E-state index contributed by atoms with van der Waals surface area (Å²) in [6.07, 6.45) is 1.76. The molecule has 0 bridgehead atoms. The molecule has 0 saturated heterocycles. The summed E-state index contributed by atoms with van der Waals surface area (Å²) in [6, 6.07) is 18.4. The van der Waals surface area contributed by atoms with Crippen LogP contribution in [0.5, 0.6) is 0 Å². The zero-order valence-corrected chi connectivity index (χ0v) is 15.7. The zero-order chi connectivity index (χ0) is 19.0. The highest BCUT2D eigenvalue weighted by atomic mass is 32.2. The molecule has 27 heavy (non-hydrogen) atoms. The van der Waals surface area contributed by atoms with Crippen molar-refractivity contribution in [3.05, 3.63) is 72.4 Å². The Morgan fingerprint density at radius 3 is 2.37 bits per heavy atom. The lowest BCUT2D eigenvalue weighted by molar-refractivity contribution is 0.600. The molecule has 0 aliphatic heterocycles. The van der Waals surface area contributed by atoms with Crippen molar-refractivity contribution in [2.75, 3.05) is 4.72 Å². The number of rotatable bonds is 4. The van der Waals surface area contributed by atoms with Crippen LogP contribution in [0.4, 0.5) is 5.95 Å². The molecule has 0 unspecified atom stereocenters. The van der Waals surface area contributed by atoms with E-state index in [1.165, 1.54) is 0 Å². The fraction of sp³-hybridized carbons (Fsp3) is 0.100. The predicted molar refractivity (Wildman–Crippen MR) is 106 cm³/mol. The molecule has 2 aromatic heterocycles. The molecule has 0 aliphatic rings. The first-order chi connectivity index (χ1) is 12.9. The molecule has 2 heterocycles. The van der Waals surface area contributed by atoms with Gasteiger partial charge in [0.05, 0.1) is 4.90 Å². The smallest absolute Gasteiger partial charge is 0.264 e. The lowest BCUT2D eigenvalue weighted by Crippen LogP contribution is -2.15. The molecule has 1 N–H and O–H groups in total. The molecule has 0 atom stereocenters. The van der Waals surface area contributed by atoms with Gasteiger partial charge in [-0.1, -0.05) is 48.0 Å². The van der Waals surface area contributed by atoms with Gasteiger partial charge in [-0.05, 0) is 30.7 Å². The third-order valence-electron chi connectivity index (χ3n) is 4.37. The predicted octanol–water partition coefficient (Wildman–Crippen LogP) is 3.74. The Hall–Kier alpha value is -3.19. The number of aromatic nitrogens is 3. The maximum Gasteiger partial charge on any atom is 0.264 e. The van der Waals surface area contributed by atoms with Crippen molar-refractivity contribution in [2.45, 2.75) is 11.8 Å². The van der Waals surface area contributed by atoms with Gasteiger partial charge in [-0.25, -0.2) is 23.1 Å². The molecule has 0 amide bonds. The van der Waals surface area contributed by atoms with Crippen LogP contribution in [-0.4, -0.2) is 23.0 Å². The van der Waals surface area contributed by atoms with Crippen LogP contribution in [0.2, 0.25) is 0 Å². The second-order valence-corrected chi connectivity index (χ2v) is 8.03. The van der Waals surface area contributed by atoms with Crippen LogP contribution in [0.3, 0.4) is 0 Å². The van der Waals surface area contributed by atoms with Crippen molar-refractivity contribution < 1.29 is 8.42 Å².